The zero-order chi connectivity index (χ0) is 11.7. The van der Waals surface area contributed by atoms with Gasteiger partial charge in [0, 0.05) is 32.3 Å². The smallest absolute Gasteiger partial charge is 0.230 e. The number of hydrogen-bond donors (Lipinski definition) is 1. The first-order valence-corrected chi connectivity index (χ1v) is 6.91. The van der Waals surface area contributed by atoms with E-state index in [4.69, 9.17) is 4.74 Å². The van der Waals surface area contributed by atoms with Crippen molar-refractivity contribution in [1.29, 1.82) is 0 Å². The molecule has 0 aliphatic carbocycles. The molecule has 96 valence electrons. The molecule has 0 bridgehead atoms. The van der Waals surface area contributed by atoms with E-state index in [2.05, 4.69) is 10.2 Å². The lowest BCUT2D eigenvalue weighted by Crippen LogP contribution is -2.54. The fraction of sp³-hybridized carbons (Fsp3) is 0.923. The van der Waals surface area contributed by atoms with Crippen LogP contribution in [0.15, 0.2) is 0 Å². The molecule has 3 aliphatic heterocycles. The second-order valence-corrected chi connectivity index (χ2v) is 5.65. The molecule has 17 heavy (non-hydrogen) atoms. The third kappa shape index (κ3) is 1.97. The number of nitrogens with zero attached hydrogens (tertiary/aromatic N) is 1. The molecule has 4 nitrogen and oxygen atoms in total. The maximum atomic E-state index is 12.7. The molecule has 0 radical (unpaired) electrons. The van der Waals surface area contributed by atoms with Crippen LogP contribution < -0.4 is 5.32 Å². The van der Waals surface area contributed by atoms with Crippen molar-refractivity contribution < 1.29 is 9.53 Å². The molecule has 1 N–H and O–H groups in total. The van der Waals surface area contributed by atoms with Crippen LogP contribution in [0.25, 0.3) is 0 Å². The summed E-state index contributed by atoms with van der Waals surface area (Å²) in [5, 5.41) is 3.36. The van der Waals surface area contributed by atoms with Gasteiger partial charge in [-0.15, -0.1) is 0 Å². The molecule has 4 heteroatoms. The summed E-state index contributed by atoms with van der Waals surface area (Å²) in [5.41, 5.74) is -0.0590. The molecule has 1 amide bonds. The summed E-state index contributed by atoms with van der Waals surface area (Å²) in [4.78, 5) is 14.9. The zero-order valence-electron chi connectivity index (χ0n) is 10.4. The Morgan fingerprint density at radius 2 is 2.12 bits per heavy atom. The van der Waals surface area contributed by atoms with Crippen molar-refractivity contribution >= 4 is 5.91 Å². The van der Waals surface area contributed by atoms with Crippen molar-refractivity contribution in [1.82, 2.24) is 10.2 Å². The number of likely N-dealkylation sites (tertiary alicyclic amines) is 1. The van der Waals surface area contributed by atoms with Crippen LogP contribution in [-0.2, 0) is 9.53 Å². The van der Waals surface area contributed by atoms with Gasteiger partial charge in [-0.25, -0.2) is 0 Å². The molecule has 3 saturated heterocycles. The van der Waals surface area contributed by atoms with Crippen molar-refractivity contribution in [2.24, 2.45) is 5.41 Å². The van der Waals surface area contributed by atoms with Gasteiger partial charge in [-0.2, -0.15) is 0 Å². The third-order valence-electron chi connectivity index (χ3n) is 4.64. The van der Waals surface area contributed by atoms with Gasteiger partial charge in [0.15, 0.2) is 0 Å². The van der Waals surface area contributed by atoms with Crippen LogP contribution >= 0.6 is 0 Å². The van der Waals surface area contributed by atoms with E-state index in [1.165, 1.54) is 6.42 Å². The first kappa shape index (κ1) is 11.5. The fourth-order valence-electron chi connectivity index (χ4n) is 3.59. The Bertz CT molecular complexity index is 294. The van der Waals surface area contributed by atoms with Crippen LogP contribution in [0.4, 0.5) is 0 Å². The first-order valence-electron chi connectivity index (χ1n) is 6.91. The highest BCUT2D eigenvalue weighted by molar-refractivity contribution is 5.84. The summed E-state index contributed by atoms with van der Waals surface area (Å²) >= 11 is 0. The first-order chi connectivity index (χ1) is 8.32. The number of nitrogens with one attached hydrogen (secondary N) is 1. The van der Waals surface area contributed by atoms with Crippen LogP contribution in [0.5, 0.6) is 0 Å². The predicted octanol–water partition coefficient (Wildman–Crippen LogP) is 0.767. The van der Waals surface area contributed by atoms with Crippen LogP contribution in [0.1, 0.15) is 32.1 Å². The van der Waals surface area contributed by atoms with Crippen molar-refractivity contribution in [3.8, 4) is 0 Å². The van der Waals surface area contributed by atoms with Crippen molar-refractivity contribution in [2.45, 2.75) is 38.1 Å². The number of carbonyl (C=O) groups is 1. The Morgan fingerprint density at radius 1 is 1.29 bits per heavy atom. The molecular formula is C13H22N2O2. The van der Waals surface area contributed by atoms with Gasteiger partial charge >= 0.3 is 0 Å². The van der Waals surface area contributed by atoms with Gasteiger partial charge in [-0.05, 0) is 38.6 Å². The van der Waals surface area contributed by atoms with Crippen LogP contribution in [0.2, 0.25) is 0 Å². The number of hydrogen-bond acceptors (Lipinski definition) is 3. The molecule has 0 unspecified atom stereocenters. The second-order valence-electron chi connectivity index (χ2n) is 5.65. The number of ether oxygens (including phenoxy) is 1. The molecule has 0 aromatic carbocycles. The lowest BCUT2D eigenvalue weighted by atomic mass is 9.77. The molecule has 3 rings (SSSR count). The van der Waals surface area contributed by atoms with Crippen molar-refractivity contribution in [3.63, 3.8) is 0 Å². The topological polar surface area (TPSA) is 41.6 Å². The van der Waals surface area contributed by atoms with Crippen molar-refractivity contribution in [3.05, 3.63) is 0 Å². The molecular weight excluding hydrogens is 216 g/mol. The molecule has 3 fully saturated rings. The highest BCUT2D eigenvalue weighted by atomic mass is 16.5. The van der Waals surface area contributed by atoms with E-state index >= 15 is 0 Å². The lowest BCUT2D eigenvalue weighted by molar-refractivity contribution is -0.150. The largest absolute Gasteiger partial charge is 0.381 e. The molecule has 0 saturated carbocycles. The minimum absolute atomic E-state index is 0.0590. The minimum atomic E-state index is -0.0590. The molecule has 1 spiro atoms. The third-order valence-corrected chi connectivity index (χ3v) is 4.64. The van der Waals surface area contributed by atoms with Crippen molar-refractivity contribution in [2.75, 3.05) is 32.8 Å². The van der Waals surface area contributed by atoms with E-state index in [0.717, 1.165) is 58.5 Å². The summed E-state index contributed by atoms with van der Waals surface area (Å²) in [6.07, 6.45) is 5.33. The molecule has 0 aromatic heterocycles. The van der Waals surface area contributed by atoms with E-state index in [-0.39, 0.29) is 5.41 Å². The standard InChI is InChI=1S/C13H22N2O2/c16-12-13(5-6-14-10-13)4-1-7-15(12)11-2-8-17-9-3-11/h11,14H,1-10H2/t13-/m0/s1. The highest BCUT2D eigenvalue weighted by Crippen LogP contribution is 2.38. The van der Waals surface area contributed by atoms with E-state index in [1.54, 1.807) is 0 Å². The molecule has 0 aromatic rings. The van der Waals surface area contributed by atoms with E-state index in [9.17, 15) is 4.79 Å². The van der Waals surface area contributed by atoms with Gasteiger partial charge < -0.3 is 15.0 Å². The Kier molecular flexibility index (Phi) is 3.09. The summed E-state index contributed by atoms with van der Waals surface area (Å²) in [7, 11) is 0. The average molecular weight is 238 g/mol. The van der Waals surface area contributed by atoms with E-state index < -0.39 is 0 Å². The van der Waals surface area contributed by atoms with Crippen LogP contribution in [-0.4, -0.2) is 49.7 Å². The van der Waals surface area contributed by atoms with Gasteiger partial charge in [0.05, 0.1) is 5.41 Å². The Morgan fingerprint density at radius 3 is 2.82 bits per heavy atom. The van der Waals surface area contributed by atoms with Gasteiger partial charge in [0.2, 0.25) is 5.91 Å². The summed E-state index contributed by atoms with van der Waals surface area (Å²) in [6, 6.07) is 0.439. The monoisotopic (exact) mass is 238 g/mol. The van der Waals surface area contributed by atoms with E-state index in [1.807, 2.05) is 0 Å². The normalized spacial score (nSPS) is 35.8. The second kappa shape index (κ2) is 4.58. The SMILES string of the molecule is O=C1N(C2CCOCC2)CCC[C@@]12CCNC2. The predicted molar refractivity (Wildman–Crippen MR) is 64.7 cm³/mol. The summed E-state index contributed by atoms with van der Waals surface area (Å²) in [5.74, 6) is 0.417. The van der Waals surface area contributed by atoms with Gasteiger partial charge in [-0.3, -0.25) is 4.79 Å². The summed E-state index contributed by atoms with van der Waals surface area (Å²) < 4.78 is 5.39. The quantitative estimate of drug-likeness (QED) is 0.733. The fourth-order valence-corrected chi connectivity index (χ4v) is 3.59. The molecule has 3 heterocycles. The zero-order valence-corrected chi connectivity index (χ0v) is 10.4. The van der Waals surface area contributed by atoms with Gasteiger partial charge in [0.1, 0.15) is 0 Å². The number of piperidine rings is 1. The Labute approximate surface area is 103 Å². The van der Waals surface area contributed by atoms with Gasteiger partial charge in [0.25, 0.3) is 0 Å². The van der Waals surface area contributed by atoms with Crippen LogP contribution in [0.3, 0.4) is 0 Å². The number of rotatable bonds is 1. The Hall–Kier alpha value is -0.610. The molecule has 1 atom stereocenters. The molecule has 3 aliphatic rings. The maximum Gasteiger partial charge on any atom is 0.230 e. The minimum Gasteiger partial charge on any atom is -0.381 e. The highest BCUT2D eigenvalue weighted by Gasteiger charge is 2.47. The maximum absolute atomic E-state index is 12.7. The number of carbonyl (C=O) groups excluding carboxylic acids is 1. The van der Waals surface area contributed by atoms with E-state index in [0.29, 0.717) is 11.9 Å². The number of amides is 1. The summed E-state index contributed by atoms with van der Waals surface area (Å²) in [6.45, 7) is 4.50. The van der Waals surface area contributed by atoms with Crippen LogP contribution in [0, 0.1) is 5.41 Å². The lowest BCUT2D eigenvalue weighted by Gasteiger charge is -2.44. The van der Waals surface area contributed by atoms with Gasteiger partial charge in [-0.1, -0.05) is 0 Å². The Balaban J connectivity index is 1.74. The average Bonchev–Trinajstić information content (AvgIpc) is 2.84.